The molecule has 0 aromatic carbocycles. The fourth-order valence-electron chi connectivity index (χ4n) is 4.87. The lowest BCUT2D eigenvalue weighted by molar-refractivity contribution is -0.0531. The van der Waals surface area contributed by atoms with E-state index in [-0.39, 0.29) is 30.0 Å². The lowest BCUT2D eigenvalue weighted by Crippen LogP contribution is -2.23. The van der Waals surface area contributed by atoms with Crippen LogP contribution in [0.25, 0.3) is 22.3 Å². The molecule has 6 rings (SSSR count). The molecule has 6 heterocycles. The van der Waals surface area contributed by atoms with Gasteiger partial charge in [0, 0.05) is 6.42 Å². The molecule has 4 aromatic heterocycles. The van der Waals surface area contributed by atoms with Crippen molar-refractivity contribution >= 4 is 43.8 Å². The summed E-state index contributed by atoms with van der Waals surface area (Å²) in [5, 5.41) is 0. The summed E-state index contributed by atoms with van der Waals surface area (Å²) in [6, 6.07) is 0. The van der Waals surface area contributed by atoms with E-state index in [9.17, 15) is 18.8 Å². The third-order valence-corrected chi connectivity index (χ3v) is 8.19. The van der Waals surface area contributed by atoms with Crippen molar-refractivity contribution in [3.05, 3.63) is 35.7 Å². The number of ether oxygens (including phenoxy) is 2. The number of hydrogen-bond donors (Lipinski definition) is 5. The molecule has 22 heteroatoms. The van der Waals surface area contributed by atoms with E-state index in [1.54, 1.807) is 4.57 Å². The van der Waals surface area contributed by atoms with Gasteiger partial charge in [0.2, 0.25) is 0 Å². The first-order valence-corrected chi connectivity index (χ1v) is 15.5. The van der Waals surface area contributed by atoms with Crippen LogP contribution in [0.4, 0.5) is 5.82 Å². The number of imidazole rings is 2. The Balaban J connectivity index is 1.13. The predicted octanol–water partition coefficient (Wildman–Crippen LogP) is 0.118. The van der Waals surface area contributed by atoms with Gasteiger partial charge in [0.25, 0.3) is 5.56 Å². The van der Waals surface area contributed by atoms with E-state index in [0.717, 1.165) is 6.33 Å². The average Bonchev–Trinajstić information content (AvgIpc) is 3.71. The standard InChI is InChI=1S/C20H25N9O11P2/c21-16-14-17(23-6-22-16)28(8-26-14)13-2-1-10(38-13)4-37-42(34,35)40-12-3-11(5-36-41(31,32)33)39-20(12)29-9-27-15-18(29)24-7-25-19(15)30/h6-13,20H,1-5H2,(H,34,35)(H2,21,22,23)(H,24,25,30)(H2,31,32,33)/t10?,11?,12-,13?,20?/m1/s1. The highest BCUT2D eigenvalue weighted by Gasteiger charge is 2.44. The second-order valence-corrected chi connectivity index (χ2v) is 12.2. The van der Waals surface area contributed by atoms with Crippen molar-refractivity contribution in [2.75, 3.05) is 18.9 Å². The van der Waals surface area contributed by atoms with Gasteiger partial charge in [-0.2, -0.15) is 0 Å². The number of phosphoric acid groups is 2. The Hall–Kier alpha value is -3.16. The fraction of sp³-hybridized carbons (Fsp3) is 0.500. The smallest absolute Gasteiger partial charge is 0.382 e. The van der Waals surface area contributed by atoms with E-state index in [1.165, 1.54) is 23.5 Å². The minimum atomic E-state index is -4.83. The summed E-state index contributed by atoms with van der Waals surface area (Å²) in [4.78, 5) is 63.6. The van der Waals surface area contributed by atoms with Crippen LogP contribution < -0.4 is 11.3 Å². The third kappa shape index (κ3) is 6.00. The number of nitrogens with one attached hydrogen (secondary N) is 1. The Morgan fingerprint density at radius 3 is 2.50 bits per heavy atom. The van der Waals surface area contributed by atoms with Gasteiger partial charge in [-0.3, -0.25) is 27.5 Å². The second-order valence-electron chi connectivity index (χ2n) is 9.51. The Kier molecular flexibility index (Phi) is 7.69. The number of aromatic nitrogens is 8. The van der Waals surface area contributed by atoms with E-state index < -0.39 is 58.6 Å². The monoisotopic (exact) mass is 629 g/mol. The lowest BCUT2D eigenvalue weighted by atomic mass is 10.2. The van der Waals surface area contributed by atoms with Gasteiger partial charge in [0.05, 0.1) is 44.4 Å². The normalized spacial score (nSPS) is 26.3. The van der Waals surface area contributed by atoms with Gasteiger partial charge in [-0.15, -0.1) is 0 Å². The van der Waals surface area contributed by atoms with Gasteiger partial charge in [0.15, 0.2) is 28.9 Å². The summed E-state index contributed by atoms with van der Waals surface area (Å²) >= 11 is 0. The van der Waals surface area contributed by atoms with E-state index in [4.69, 9.17) is 34.0 Å². The van der Waals surface area contributed by atoms with E-state index >= 15 is 0 Å². The number of aromatic amines is 1. The van der Waals surface area contributed by atoms with Crippen molar-refractivity contribution in [2.24, 2.45) is 0 Å². The molecule has 42 heavy (non-hydrogen) atoms. The van der Waals surface area contributed by atoms with E-state index in [0.29, 0.717) is 24.0 Å². The molecule has 2 aliphatic rings. The van der Waals surface area contributed by atoms with E-state index in [1.807, 2.05) is 0 Å². The zero-order chi connectivity index (χ0) is 29.6. The first-order chi connectivity index (χ1) is 20.0. The van der Waals surface area contributed by atoms with E-state index in [2.05, 4.69) is 34.4 Å². The summed E-state index contributed by atoms with van der Waals surface area (Å²) in [6.45, 7) is -0.837. The van der Waals surface area contributed by atoms with Gasteiger partial charge in [-0.25, -0.2) is 34.0 Å². The molecule has 4 aromatic rings. The van der Waals surface area contributed by atoms with Gasteiger partial charge in [0.1, 0.15) is 24.2 Å². The zero-order valence-corrected chi connectivity index (χ0v) is 23.2. The zero-order valence-electron chi connectivity index (χ0n) is 21.4. The summed E-state index contributed by atoms with van der Waals surface area (Å²) in [7, 11) is -9.57. The molecule has 2 aliphatic heterocycles. The minimum absolute atomic E-state index is 0.0223. The molecule has 2 saturated heterocycles. The fourth-order valence-corrected chi connectivity index (χ4v) is 6.17. The van der Waals surface area contributed by atoms with Gasteiger partial charge >= 0.3 is 15.6 Å². The number of nitrogens with two attached hydrogens (primary N) is 1. The highest BCUT2D eigenvalue weighted by Crippen LogP contribution is 2.50. The van der Waals surface area contributed by atoms with Gasteiger partial charge in [-0.1, -0.05) is 0 Å². The molecule has 5 unspecified atom stereocenters. The number of nitrogen functional groups attached to an aromatic ring is 1. The summed E-state index contributed by atoms with van der Waals surface area (Å²) in [6.07, 6.45) is 1.76. The Bertz CT molecular complexity index is 1760. The molecule has 0 radical (unpaired) electrons. The molecular weight excluding hydrogens is 604 g/mol. The highest BCUT2D eigenvalue weighted by atomic mass is 31.2. The number of anilines is 1. The van der Waals surface area contributed by atoms with Crippen molar-refractivity contribution in [1.82, 2.24) is 39.0 Å². The number of fused-ring (bicyclic) bond motifs is 2. The molecular formula is C20H25N9O11P2. The Morgan fingerprint density at radius 2 is 1.69 bits per heavy atom. The quantitative estimate of drug-likeness (QED) is 0.146. The van der Waals surface area contributed by atoms with Crippen LogP contribution in [0, 0.1) is 0 Å². The van der Waals surface area contributed by atoms with Crippen molar-refractivity contribution in [3.8, 4) is 0 Å². The number of phosphoric ester groups is 2. The molecule has 0 spiro atoms. The molecule has 226 valence electrons. The third-order valence-electron chi connectivity index (χ3n) is 6.69. The topological polar surface area (TPSA) is 274 Å². The highest BCUT2D eigenvalue weighted by molar-refractivity contribution is 7.47. The summed E-state index contributed by atoms with van der Waals surface area (Å²) in [5.74, 6) is 0.228. The molecule has 0 amide bonds. The summed E-state index contributed by atoms with van der Waals surface area (Å²) < 4.78 is 54.3. The predicted molar refractivity (Wildman–Crippen MR) is 138 cm³/mol. The molecule has 0 bridgehead atoms. The molecule has 20 nitrogen and oxygen atoms in total. The number of rotatable bonds is 10. The maximum atomic E-state index is 13.0. The lowest BCUT2D eigenvalue weighted by Gasteiger charge is -2.23. The van der Waals surface area contributed by atoms with Crippen LogP contribution in [-0.2, 0) is 32.2 Å². The maximum absolute atomic E-state index is 13.0. The first kappa shape index (κ1) is 28.9. The number of nitrogens with zero attached hydrogens (tertiary/aromatic N) is 7. The van der Waals surface area contributed by atoms with Gasteiger partial charge in [-0.05, 0) is 12.8 Å². The largest absolute Gasteiger partial charge is 0.472 e. The van der Waals surface area contributed by atoms with Crippen molar-refractivity contribution < 1.29 is 46.9 Å². The van der Waals surface area contributed by atoms with Gasteiger partial charge < -0.3 is 34.9 Å². The molecule has 2 fully saturated rings. The second kappa shape index (κ2) is 11.2. The van der Waals surface area contributed by atoms with Crippen molar-refractivity contribution in [3.63, 3.8) is 0 Å². The number of hydrogen-bond acceptors (Lipinski definition) is 14. The van der Waals surface area contributed by atoms with Crippen LogP contribution in [0.15, 0.2) is 30.1 Å². The Morgan fingerprint density at radius 1 is 0.952 bits per heavy atom. The van der Waals surface area contributed by atoms with Crippen LogP contribution in [0.1, 0.15) is 31.7 Å². The Labute approximate surface area is 234 Å². The molecule has 0 aliphatic carbocycles. The minimum Gasteiger partial charge on any atom is -0.382 e. The summed E-state index contributed by atoms with van der Waals surface area (Å²) in [5.41, 5.74) is 6.30. The molecule has 0 saturated carbocycles. The van der Waals surface area contributed by atoms with Crippen LogP contribution >= 0.6 is 15.6 Å². The molecule has 6 N–H and O–H groups in total. The van der Waals surface area contributed by atoms with Crippen LogP contribution in [0.2, 0.25) is 0 Å². The van der Waals surface area contributed by atoms with Crippen molar-refractivity contribution in [1.29, 1.82) is 0 Å². The average molecular weight is 629 g/mol. The van der Waals surface area contributed by atoms with Crippen molar-refractivity contribution in [2.45, 2.75) is 50.0 Å². The first-order valence-electron chi connectivity index (χ1n) is 12.5. The van der Waals surface area contributed by atoms with Crippen LogP contribution in [-0.4, -0.2) is 85.2 Å². The molecule has 6 atom stereocenters. The number of H-pyrrole nitrogens is 1. The SMILES string of the molecule is Nc1ncnc2c1ncn2C1CCC(COP(=O)(O)O[C@@H]2CC(COP(=O)(O)O)OC2n2cnc3c(=O)[nH]cnc32)O1. The maximum Gasteiger partial charge on any atom is 0.472 e. The van der Waals surface area contributed by atoms with Crippen LogP contribution in [0.3, 0.4) is 0 Å². The van der Waals surface area contributed by atoms with Crippen LogP contribution in [0.5, 0.6) is 0 Å².